The Hall–Kier alpha value is -3.36. The van der Waals surface area contributed by atoms with Gasteiger partial charge in [-0.2, -0.15) is 4.98 Å². The van der Waals surface area contributed by atoms with Gasteiger partial charge in [0.15, 0.2) is 0 Å². The Morgan fingerprint density at radius 2 is 2.00 bits per heavy atom. The first-order valence-electron chi connectivity index (χ1n) is 8.87. The SMILES string of the molecule is O=C(NCc1ccc(F)cc1F)c1nc(-c2ccnc(N3CCCC3)c2)no1. The summed E-state index contributed by atoms with van der Waals surface area (Å²) in [5, 5.41) is 6.32. The quantitative estimate of drug-likeness (QED) is 0.727. The van der Waals surface area contributed by atoms with E-state index in [1.54, 1.807) is 12.3 Å². The highest BCUT2D eigenvalue weighted by Gasteiger charge is 2.19. The van der Waals surface area contributed by atoms with Crippen LogP contribution >= 0.6 is 0 Å². The van der Waals surface area contributed by atoms with E-state index >= 15 is 0 Å². The monoisotopic (exact) mass is 385 g/mol. The first-order valence-corrected chi connectivity index (χ1v) is 8.87. The van der Waals surface area contributed by atoms with Gasteiger partial charge in [-0.3, -0.25) is 4.79 Å². The Balaban J connectivity index is 1.45. The molecular formula is C19H17F2N5O2. The van der Waals surface area contributed by atoms with Crippen molar-refractivity contribution in [2.45, 2.75) is 19.4 Å². The lowest BCUT2D eigenvalue weighted by atomic mass is 10.2. The Morgan fingerprint density at radius 3 is 2.79 bits per heavy atom. The molecule has 1 N–H and O–H groups in total. The van der Waals surface area contributed by atoms with E-state index in [0.29, 0.717) is 5.56 Å². The number of hydrogen-bond acceptors (Lipinski definition) is 6. The van der Waals surface area contributed by atoms with Crippen molar-refractivity contribution in [1.29, 1.82) is 0 Å². The second-order valence-corrected chi connectivity index (χ2v) is 6.44. The van der Waals surface area contributed by atoms with Crippen molar-refractivity contribution in [2.75, 3.05) is 18.0 Å². The van der Waals surface area contributed by atoms with Gasteiger partial charge < -0.3 is 14.7 Å². The number of benzene rings is 1. The van der Waals surface area contributed by atoms with Crippen LogP contribution in [-0.4, -0.2) is 34.1 Å². The van der Waals surface area contributed by atoms with Gasteiger partial charge in [0.25, 0.3) is 0 Å². The summed E-state index contributed by atoms with van der Waals surface area (Å²) >= 11 is 0. The predicted octanol–water partition coefficient (Wildman–Crippen LogP) is 2.94. The molecule has 0 saturated carbocycles. The molecule has 0 bridgehead atoms. The van der Waals surface area contributed by atoms with Crippen LogP contribution in [0, 0.1) is 11.6 Å². The number of carbonyl (C=O) groups is 1. The van der Waals surface area contributed by atoms with E-state index in [-0.39, 0.29) is 23.8 Å². The summed E-state index contributed by atoms with van der Waals surface area (Å²) in [5.41, 5.74) is 0.836. The largest absolute Gasteiger partial charge is 0.357 e. The molecule has 144 valence electrons. The van der Waals surface area contributed by atoms with E-state index in [4.69, 9.17) is 4.52 Å². The number of anilines is 1. The molecule has 0 atom stereocenters. The molecule has 0 radical (unpaired) electrons. The zero-order valence-corrected chi connectivity index (χ0v) is 14.9. The molecule has 1 aliphatic rings. The van der Waals surface area contributed by atoms with E-state index < -0.39 is 17.5 Å². The lowest BCUT2D eigenvalue weighted by Crippen LogP contribution is -2.23. The normalized spacial score (nSPS) is 13.7. The summed E-state index contributed by atoms with van der Waals surface area (Å²) in [4.78, 5) is 22.8. The third-order valence-corrected chi connectivity index (χ3v) is 4.51. The molecule has 1 aromatic carbocycles. The second kappa shape index (κ2) is 7.71. The standard InChI is InChI=1S/C19H17F2N5O2/c20-14-4-3-13(15(21)10-14)11-23-18(27)19-24-17(25-28-19)12-5-6-22-16(9-12)26-7-1-2-8-26/h3-6,9-10H,1-2,7-8,11H2,(H,23,27). The fourth-order valence-corrected chi connectivity index (χ4v) is 3.03. The Labute approximate surface area is 159 Å². The van der Waals surface area contributed by atoms with E-state index in [1.165, 1.54) is 6.07 Å². The van der Waals surface area contributed by atoms with Gasteiger partial charge in [0.2, 0.25) is 5.82 Å². The molecule has 3 aromatic rings. The lowest BCUT2D eigenvalue weighted by molar-refractivity contribution is 0.0906. The topological polar surface area (TPSA) is 84.2 Å². The third kappa shape index (κ3) is 3.83. The van der Waals surface area contributed by atoms with Crippen LogP contribution in [0.1, 0.15) is 29.1 Å². The summed E-state index contributed by atoms with van der Waals surface area (Å²) in [7, 11) is 0. The van der Waals surface area contributed by atoms with Crippen molar-refractivity contribution >= 4 is 11.7 Å². The Kier molecular flexibility index (Phi) is 4.96. The minimum Gasteiger partial charge on any atom is -0.357 e. The smallest absolute Gasteiger partial charge is 0.316 e. The van der Waals surface area contributed by atoms with Crippen LogP contribution < -0.4 is 10.2 Å². The fourth-order valence-electron chi connectivity index (χ4n) is 3.03. The predicted molar refractivity (Wildman–Crippen MR) is 96.5 cm³/mol. The van der Waals surface area contributed by atoms with Crippen LogP contribution in [0.15, 0.2) is 41.1 Å². The molecule has 9 heteroatoms. The van der Waals surface area contributed by atoms with Crippen LogP contribution in [0.2, 0.25) is 0 Å². The maximum Gasteiger partial charge on any atom is 0.316 e. The minimum atomic E-state index is -0.738. The van der Waals surface area contributed by atoms with Gasteiger partial charge in [-0.15, -0.1) is 0 Å². The van der Waals surface area contributed by atoms with Crippen LogP contribution in [0.25, 0.3) is 11.4 Å². The van der Waals surface area contributed by atoms with E-state index in [9.17, 15) is 13.6 Å². The van der Waals surface area contributed by atoms with Crippen LogP contribution in [-0.2, 0) is 6.54 Å². The first kappa shape index (κ1) is 18.0. The van der Waals surface area contributed by atoms with Crippen molar-refractivity contribution in [3.05, 3.63) is 59.6 Å². The highest BCUT2D eigenvalue weighted by Crippen LogP contribution is 2.23. The van der Waals surface area contributed by atoms with Crippen LogP contribution in [0.4, 0.5) is 14.6 Å². The van der Waals surface area contributed by atoms with Crippen molar-refractivity contribution < 1.29 is 18.1 Å². The Morgan fingerprint density at radius 1 is 1.18 bits per heavy atom. The number of aromatic nitrogens is 3. The number of rotatable bonds is 5. The molecule has 0 unspecified atom stereocenters. The van der Waals surface area contributed by atoms with Crippen molar-refractivity contribution in [1.82, 2.24) is 20.4 Å². The van der Waals surface area contributed by atoms with Crippen molar-refractivity contribution in [3.8, 4) is 11.4 Å². The van der Waals surface area contributed by atoms with E-state index in [1.807, 2.05) is 6.07 Å². The van der Waals surface area contributed by atoms with Gasteiger partial charge in [0.1, 0.15) is 17.5 Å². The molecular weight excluding hydrogens is 368 g/mol. The molecule has 1 fully saturated rings. The molecule has 0 aliphatic carbocycles. The maximum absolute atomic E-state index is 13.6. The van der Waals surface area contributed by atoms with Gasteiger partial charge in [0.05, 0.1) is 0 Å². The fraction of sp³-hybridized carbons (Fsp3) is 0.263. The first-order chi connectivity index (χ1) is 13.6. The summed E-state index contributed by atoms with van der Waals surface area (Å²) in [6.45, 7) is 1.78. The lowest BCUT2D eigenvalue weighted by Gasteiger charge is -2.16. The number of nitrogens with zero attached hydrogens (tertiary/aromatic N) is 4. The number of pyridine rings is 1. The van der Waals surface area contributed by atoms with E-state index in [2.05, 4.69) is 25.3 Å². The second-order valence-electron chi connectivity index (χ2n) is 6.44. The molecule has 3 heterocycles. The van der Waals surface area contributed by atoms with Crippen LogP contribution in [0.5, 0.6) is 0 Å². The van der Waals surface area contributed by atoms with Gasteiger partial charge in [-0.25, -0.2) is 13.8 Å². The molecule has 4 rings (SSSR count). The summed E-state index contributed by atoms with van der Waals surface area (Å²) in [5.74, 6) is -1.20. The molecule has 1 saturated heterocycles. The molecule has 2 aromatic heterocycles. The van der Waals surface area contributed by atoms with E-state index in [0.717, 1.165) is 43.9 Å². The molecule has 28 heavy (non-hydrogen) atoms. The molecule has 1 amide bonds. The van der Waals surface area contributed by atoms with Crippen molar-refractivity contribution in [2.24, 2.45) is 0 Å². The summed E-state index contributed by atoms with van der Waals surface area (Å²) in [6.07, 6.45) is 3.93. The van der Waals surface area contributed by atoms with Crippen LogP contribution in [0.3, 0.4) is 0 Å². The number of nitrogens with one attached hydrogen (secondary N) is 1. The minimum absolute atomic E-state index is 0.128. The average molecular weight is 385 g/mol. The number of amides is 1. The van der Waals surface area contributed by atoms with Gasteiger partial charge >= 0.3 is 11.8 Å². The van der Waals surface area contributed by atoms with Crippen molar-refractivity contribution in [3.63, 3.8) is 0 Å². The zero-order valence-electron chi connectivity index (χ0n) is 14.9. The number of hydrogen-bond donors (Lipinski definition) is 1. The third-order valence-electron chi connectivity index (χ3n) is 4.51. The average Bonchev–Trinajstić information content (AvgIpc) is 3.39. The highest BCUT2D eigenvalue weighted by molar-refractivity contribution is 5.89. The van der Waals surface area contributed by atoms with Gasteiger partial charge in [-0.05, 0) is 31.0 Å². The summed E-state index contributed by atoms with van der Waals surface area (Å²) in [6, 6.07) is 6.73. The number of carbonyl (C=O) groups excluding carboxylic acids is 1. The number of halogens is 2. The molecule has 7 nitrogen and oxygen atoms in total. The molecule has 1 aliphatic heterocycles. The van der Waals surface area contributed by atoms with Gasteiger partial charge in [0, 0.05) is 43.0 Å². The molecule has 0 spiro atoms. The maximum atomic E-state index is 13.6. The summed E-state index contributed by atoms with van der Waals surface area (Å²) < 4.78 is 31.6. The highest BCUT2D eigenvalue weighted by atomic mass is 19.1. The Bertz CT molecular complexity index is 1000. The van der Waals surface area contributed by atoms with Gasteiger partial charge in [-0.1, -0.05) is 11.2 Å². The zero-order chi connectivity index (χ0) is 19.5.